The Kier molecular flexibility index (Phi) is 23.3. The second-order valence-electron chi connectivity index (χ2n) is 28.9. The van der Waals surface area contributed by atoms with Crippen LogP contribution in [0.5, 0.6) is 0 Å². The van der Waals surface area contributed by atoms with Gasteiger partial charge in [-0.05, 0) is 93.3 Å². The molecular weight excluding hydrogens is 1150 g/mol. The van der Waals surface area contributed by atoms with Crippen LogP contribution in [0.4, 0.5) is 0 Å². The Morgan fingerprint density at radius 1 is 0.727 bits per heavy atom. The van der Waals surface area contributed by atoms with Gasteiger partial charge in [0.15, 0.2) is 25.0 Å². The van der Waals surface area contributed by atoms with E-state index in [1.165, 1.54) is 6.92 Å². The molecule has 0 radical (unpaired) electrons. The predicted molar refractivity (Wildman–Crippen MR) is 312 cm³/mol. The summed E-state index contributed by atoms with van der Waals surface area (Å²) in [5, 5.41) is 134. The van der Waals surface area contributed by atoms with E-state index >= 15 is 4.79 Å². The monoisotopic (exact) mass is 1260 g/mol. The number of hydrogen-bond donors (Lipinski definition) is 13. The van der Waals surface area contributed by atoms with Crippen molar-refractivity contribution in [2.45, 2.75) is 294 Å². The summed E-state index contributed by atoms with van der Waals surface area (Å²) in [6, 6.07) is -1.38. The largest absolute Gasteiger partial charge is 0.432 e. The number of hydrogen-bond acceptors (Lipinski definition) is 23. The lowest BCUT2D eigenvalue weighted by molar-refractivity contribution is -0.370. The molecule has 4 saturated heterocycles. The Morgan fingerprint density at radius 2 is 1.34 bits per heavy atom. The van der Waals surface area contributed by atoms with Crippen LogP contribution in [-0.2, 0) is 52.3 Å². The molecule has 1 amide bonds. The molecule has 24 heteroatoms. The van der Waals surface area contributed by atoms with Crippen molar-refractivity contribution < 1.29 is 114 Å². The van der Waals surface area contributed by atoms with Crippen LogP contribution < -0.4 is 5.32 Å². The molecule has 4 aliphatic heterocycles. The van der Waals surface area contributed by atoms with Gasteiger partial charge in [-0.15, -0.1) is 0 Å². The van der Waals surface area contributed by atoms with Gasteiger partial charge in [-0.25, -0.2) is 0 Å². The number of esters is 1. The molecule has 4 aliphatic carbocycles. The second-order valence-corrected chi connectivity index (χ2v) is 28.9. The first kappa shape index (κ1) is 71.4. The smallest absolute Gasteiger partial charge is 0.317 e. The minimum Gasteiger partial charge on any atom is -0.432 e. The van der Waals surface area contributed by atoms with Gasteiger partial charge in [0.2, 0.25) is 12.2 Å². The zero-order valence-corrected chi connectivity index (χ0v) is 53.1. The lowest BCUT2D eigenvalue weighted by Gasteiger charge is -2.73. The Hall–Kier alpha value is -2.41. The van der Waals surface area contributed by atoms with Crippen molar-refractivity contribution >= 4 is 18.2 Å². The van der Waals surface area contributed by atoms with Crippen LogP contribution in [0.3, 0.4) is 0 Å². The first-order valence-electron chi connectivity index (χ1n) is 32.7. The molecule has 1 spiro atoms. The number of nitrogens with one attached hydrogen (secondary N) is 1. The molecule has 0 aromatic rings. The van der Waals surface area contributed by atoms with Crippen molar-refractivity contribution in [3.63, 3.8) is 0 Å². The average Bonchev–Trinajstić information content (AvgIpc) is 0.704. The number of aliphatic hydroxyl groups excluding tert-OH is 12. The lowest BCUT2D eigenvalue weighted by Crippen LogP contribution is -2.70. The van der Waals surface area contributed by atoms with E-state index in [9.17, 15) is 70.9 Å². The molecule has 8 aliphatic rings. The van der Waals surface area contributed by atoms with Crippen LogP contribution in [0, 0.1) is 50.2 Å². The van der Waals surface area contributed by atoms with Crippen LogP contribution >= 0.6 is 0 Å². The van der Waals surface area contributed by atoms with Crippen LogP contribution in [0.25, 0.3) is 0 Å². The number of allylic oxidation sites excluding steroid dienone is 2. The highest BCUT2D eigenvalue weighted by Crippen LogP contribution is 2.78. The number of fused-ring (bicyclic) bond motifs is 4. The fourth-order valence-electron chi connectivity index (χ4n) is 17.5. The number of rotatable bonds is 26. The molecule has 13 N–H and O–H groups in total. The molecule has 0 aromatic carbocycles. The van der Waals surface area contributed by atoms with Gasteiger partial charge in [-0.3, -0.25) is 9.59 Å². The van der Waals surface area contributed by atoms with E-state index in [0.29, 0.717) is 58.0 Å². The third kappa shape index (κ3) is 13.4. The zero-order valence-electron chi connectivity index (χ0n) is 53.1. The van der Waals surface area contributed by atoms with E-state index in [1.54, 1.807) is 0 Å². The molecule has 8 rings (SSSR count). The second kappa shape index (κ2) is 28.7. The van der Waals surface area contributed by atoms with Gasteiger partial charge in [0.05, 0.1) is 49.6 Å². The van der Waals surface area contributed by atoms with Gasteiger partial charge < -0.3 is 109 Å². The minimum atomic E-state index is -1.96. The first-order valence-corrected chi connectivity index (χ1v) is 32.7. The topological polar surface area (TPSA) is 380 Å². The van der Waals surface area contributed by atoms with Crippen LogP contribution in [0.15, 0.2) is 11.6 Å². The lowest BCUT2D eigenvalue weighted by atomic mass is 9.31. The molecule has 15 unspecified atom stereocenters. The summed E-state index contributed by atoms with van der Waals surface area (Å²) in [7, 11) is 0. The van der Waals surface area contributed by atoms with E-state index < -0.39 is 187 Å². The summed E-state index contributed by atoms with van der Waals surface area (Å²) in [4.78, 5) is 42.4. The number of unbranched alkanes of at least 4 members (excludes halogenated alkanes) is 7. The van der Waals surface area contributed by atoms with Crippen molar-refractivity contribution in [2.75, 3.05) is 26.4 Å². The van der Waals surface area contributed by atoms with Crippen molar-refractivity contribution in [1.29, 1.82) is 0 Å². The van der Waals surface area contributed by atoms with E-state index in [2.05, 4.69) is 52.9 Å². The summed E-state index contributed by atoms with van der Waals surface area (Å²) in [5.41, 5.74) is -3.19. The summed E-state index contributed by atoms with van der Waals surface area (Å²) in [6.45, 7) is 16.9. The quantitative estimate of drug-likeness (QED) is 0.0254. The van der Waals surface area contributed by atoms with Gasteiger partial charge in [-0.2, -0.15) is 0 Å². The van der Waals surface area contributed by atoms with Crippen molar-refractivity contribution in [3.8, 4) is 0 Å². The van der Waals surface area contributed by atoms with Gasteiger partial charge >= 0.3 is 5.97 Å². The molecule has 506 valence electrons. The Balaban J connectivity index is 0.980. The number of carbonyl (C=O) groups excluding carboxylic acids is 3. The highest BCUT2D eigenvalue weighted by molar-refractivity contribution is 5.80. The number of amides is 1. The normalized spacial score (nSPS) is 44.8. The number of aliphatic hydroxyl groups is 12. The fraction of sp³-hybridized carbons (Fsp3) is 0.922. The summed E-state index contributed by atoms with van der Waals surface area (Å²) in [6.07, 6.45) is -14.1. The van der Waals surface area contributed by atoms with Crippen molar-refractivity contribution in [3.05, 3.63) is 11.6 Å². The molecule has 0 bridgehead atoms. The average molecular weight is 1260 g/mol. The molecule has 0 aromatic heterocycles. The highest BCUT2D eigenvalue weighted by atomic mass is 16.8. The Morgan fingerprint density at radius 3 is 1.97 bits per heavy atom. The Labute approximate surface area is 517 Å². The van der Waals surface area contributed by atoms with Crippen LogP contribution in [-0.4, -0.2) is 229 Å². The highest BCUT2D eigenvalue weighted by Gasteiger charge is 2.74. The van der Waals surface area contributed by atoms with Gasteiger partial charge in [-0.1, -0.05) is 112 Å². The minimum absolute atomic E-state index is 0.0311. The molecule has 27 atom stereocenters. The molecule has 7 fully saturated rings. The molecule has 4 heterocycles. The SMILES string of the molecule is CCC(O)C(C)(C=O)[C@@H]1CC[C@@]2(C=C3C4CC(C)(C)CCC4(C(=O)O[C@@H]4O[C@H](CO)C(NC(=O)CCCCCCCCCCO[C@@H]5O[C@@H](CO)C(O)C5O)C(O)C4O[C@@H]4O[C@H](C)C(O[C@@H]5OC[C@@H](O)C(O)C5O)C(O)C4O)[C@H](O)C[C@]32C)C(CC)C1(C)C. The maximum atomic E-state index is 15.7. The first-order chi connectivity index (χ1) is 41.5. The third-order valence-corrected chi connectivity index (χ3v) is 22.7. The standard InChI is InChI=1S/C64H107NO23/c1-10-39-60(6,7)40(61(8,32-68)41(70)11-2)21-22-63(39)27-34-35-26-59(4,5)23-24-64(35,42(71)28-62(34,63)9)58(80)88-57-53(87-56-51(79)48(76)52(33(3)83-56)86-55-49(77)45(73)36(69)31-82-55)47(75)44(37(29-66)84-57)65-43(72)20-18-16-14-12-13-15-17-19-25-81-54-50(78)46(74)38(30-67)85-54/h27,32-33,35-42,44-57,66-67,69-71,73-79H,10-26,28-31H2,1-9H3,(H,65,72)/t33-,35?,36-,37-,38+,39?,40-,41?,42-,44?,45?,46?,47?,48?,49?,50?,51?,52?,53?,54-,55+,56+,57+,61?,62-,63-,64?/m1/s1. The van der Waals surface area contributed by atoms with Gasteiger partial charge in [0, 0.05) is 23.9 Å². The van der Waals surface area contributed by atoms with E-state index in [-0.39, 0.29) is 36.5 Å². The maximum absolute atomic E-state index is 15.7. The van der Waals surface area contributed by atoms with Gasteiger partial charge in [0.25, 0.3) is 0 Å². The molecule has 24 nitrogen and oxygen atoms in total. The number of ether oxygens (including phenoxy) is 8. The summed E-state index contributed by atoms with van der Waals surface area (Å²) >= 11 is 0. The van der Waals surface area contributed by atoms with Crippen LogP contribution in [0.2, 0.25) is 0 Å². The molecular formula is C64H107NO23. The van der Waals surface area contributed by atoms with Crippen molar-refractivity contribution in [2.24, 2.45) is 50.2 Å². The zero-order chi connectivity index (χ0) is 64.6. The maximum Gasteiger partial charge on any atom is 0.317 e. The number of aldehydes is 1. The Bertz CT molecular complexity index is 2360. The predicted octanol–water partition coefficient (Wildman–Crippen LogP) is 1.68. The third-order valence-electron chi connectivity index (χ3n) is 22.7. The molecule has 88 heavy (non-hydrogen) atoms. The summed E-state index contributed by atoms with van der Waals surface area (Å²) < 4.78 is 47.4. The van der Waals surface area contributed by atoms with E-state index in [4.69, 9.17) is 37.9 Å². The number of carbonyl (C=O) groups is 3. The van der Waals surface area contributed by atoms with Crippen molar-refractivity contribution in [1.82, 2.24) is 5.32 Å². The van der Waals surface area contributed by atoms with E-state index in [1.807, 2.05) is 13.8 Å². The van der Waals surface area contributed by atoms with Gasteiger partial charge in [0.1, 0.15) is 78.8 Å². The van der Waals surface area contributed by atoms with E-state index in [0.717, 1.165) is 50.4 Å². The van der Waals surface area contributed by atoms with Crippen LogP contribution in [0.1, 0.15) is 171 Å². The fourth-order valence-corrected chi connectivity index (χ4v) is 17.5. The molecule has 3 saturated carbocycles. The summed E-state index contributed by atoms with van der Waals surface area (Å²) in [5.74, 6) is -1.95.